The number of carbonyl (C=O) groups is 3. The molecule has 0 N–H and O–H groups in total. The van der Waals surface area contributed by atoms with E-state index in [0.29, 0.717) is 54.6 Å². The third-order valence-electron chi connectivity index (χ3n) is 3.29. The van der Waals surface area contributed by atoms with Crippen molar-refractivity contribution >= 4 is 44.1 Å². The molecule has 0 spiro atoms. The molecule has 0 aliphatic heterocycles. The van der Waals surface area contributed by atoms with Crippen LogP contribution in [0.1, 0.15) is 31.1 Å². The molecule has 6 nitrogen and oxygen atoms in total. The fourth-order valence-corrected chi connectivity index (χ4v) is 2.02. The summed E-state index contributed by atoms with van der Waals surface area (Å²) in [5.74, 6) is -10.3. The summed E-state index contributed by atoms with van der Waals surface area (Å²) >= 11 is 0. The van der Waals surface area contributed by atoms with Crippen LogP contribution in [-0.2, 0) is 0 Å². The molecule has 3 rings (SSSR count). The van der Waals surface area contributed by atoms with Gasteiger partial charge in [-0.2, -0.15) is 0 Å². The maximum atomic E-state index is 12.3. The number of halogens is 6. The molecular formula is C21H9BiF6O6. The quantitative estimate of drug-likeness (QED) is 0.296. The Kier molecular flexibility index (Phi) is 12.5. The van der Waals surface area contributed by atoms with Crippen molar-refractivity contribution in [2.24, 2.45) is 0 Å². The molecule has 0 aliphatic rings. The summed E-state index contributed by atoms with van der Waals surface area (Å²) < 4.78 is 73.5. The molecule has 0 saturated carbocycles. The summed E-state index contributed by atoms with van der Waals surface area (Å²) in [4.78, 5) is 30.2. The summed E-state index contributed by atoms with van der Waals surface area (Å²) in [5.41, 5.74) is -1.49. The minimum absolute atomic E-state index is 0. The maximum Gasteiger partial charge on any atom is 3.00 e. The van der Waals surface area contributed by atoms with E-state index in [1.165, 1.54) is 0 Å². The molecule has 2 radical (unpaired) electrons. The molecule has 0 aromatic heterocycles. The first-order valence-corrected chi connectivity index (χ1v) is 8.30. The van der Waals surface area contributed by atoms with Gasteiger partial charge in [0.05, 0.1) is 17.9 Å². The molecule has 13 heteroatoms. The van der Waals surface area contributed by atoms with Crippen molar-refractivity contribution < 1.29 is 56.0 Å². The number of aromatic carboxylic acids is 3. The smallest absolute Gasteiger partial charge is 0.545 e. The zero-order valence-corrected chi connectivity index (χ0v) is 19.8. The molecule has 176 valence electrons. The average Bonchev–Trinajstić information content (AvgIpc) is 2.66. The largest absolute Gasteiger partial charge is 3.00 e. The SMILES string of the molecule is O=C([O-])c1cc(F)cc(F)c1.O=C([O-])c1cc(F)cc(F)c1.O=C([O-])c1cc(F)cc(F)c1.[Bi+3]. The van der Waals surface area contributed by atoms with Crippen molar-refractivity contribution in [2.75, 3.05) is 0 Å². The van der Waals surface area contributed by atoms with Gasteiger partial charge in [-0.15, -0.1) is 0 Å². The summed E-state index contributed by atoms with van der Waals surface area (Å²) in [6, 6.07) is 5.93. The number of hydrogen-bond acceptors (Lipinski definition) is 6. The van der Waals surface area contributed by atoms with Gasteiger partial charge in [-0.05, 0) is 36.4 Å². The molecule has 0 atom stereocenters. The van der Waals surface area contributed by atoms with Crippen LogP contribution < -0.4 is 15.3 Å². The van der Waals surface area contributed by atoms with Crippen LogP contribution >= 0.6 is 0 Å². The minimum Gasteiger partial charge on any atom is -0.545 e. The number of carbonyl (C=O) groups excluding carboxylic acids is 3. The monoisotopic (exact) mass is 680 g/mol. The second kappa shape index (κ2) is 13.9. The summed E-state index contributed by atoms with van der Waals surface area (Å²) in [7, 11) is 0. The van der Waals surface area contributed by atoms with Crippen LogP contribution in [0, 0.1) is 34.9 Å². The van der Waals surface area contributed by atoms with E-state index in [1.54, 1.807) is 0 Å². The fourth-order valence-electron chi connectivity index (χ4n) is 2.02. The van der Waals surface area contributed by atoms with Crippen molar-refractivity contribution in [1.29, 1.82) is 0 Å². The average molecular weight is 680 g/mol. The zero-order valence-electron chi connectivity index (χ0n) is 16.4. The molecule has 0 amide bonds. The van der Waals surface area contributed by atoms with Crippen molar-refractivity contribution in [3.05, 3.63) is 106 Å². The Morgan fingerprint density at radius 2 is 0.559 bits per heavy atom. The molecule has 0 heterocycles. The molecule has 3 aromatic rings. The van der Waals surface area contributed by atoms with E-state index in [4.69, 9.17) is 0 Å². The molecule has 0 fully saturated rings. The molecule has 3 aromatic carbocycles. The van der Waals surface area contributed by atoms with E-state index < -0.39 is 69.5 Å². The van der Waals surface area contributed by atoms with Crippen molar-refractivity contribution in [1.82, 2.24) is 0 Å². The minimum atomic E-state index is -1.59. The Morgan fingerprint density at radius 3 is 0.676 bits per heavy atom. The van der Waals surface area contributed by atoms with E-state index in [-0.39, 0.29) is 26.2 Å². The molecule has 0 aliphatic carbocycles. The van der Waals surface area contributed by atoms with Crippen LogP contribution in [0.4, 0.5) is 26.3 Å². The zero-order chi connectivity index (χ0) is 25.3. The Balaban J connectivity index is 0.000000473. The number of benzene rings is 3. The first kappa shape index (κ1) is 30.5. The van der Waals surface area contributed by atoms with Gasteiger partial charge < -0.3 is 29.7 Å². The number of rotatable bonds is 3. The topological polar surface area (TPSA) is 120 Å². The van der Waals surface area contributed by atoms with Crippen LogP contribution in [0.25, 0.3) is 0 Å². The summed E-state index contributed by atoms with van der Waals surface area (Å²) in [5, 5.41) is 30.2. The van der Waals surface area contributed by atoms with Gasteiger partial charge in [-0.3, -0.25) is 0 Å². The van der Waals surface area contributed by atoms with E-state index in [9.17, 15) is 56.0 Å². The van der Waals surface area contributed by atoms with Crippen molar-refractivity contribution in [2.45, 2.75) is 0 Å². The van der Waals surface area contributed by atoms with Gasteiger partial charge >= 0.3 is 26.2 Å². The van der Waals surface area contributed by atoms with Gasteiger partial charge in [0.2, 0.25) is 0 Å². The Labute approximate surface area is 206 Å². The van der Waals surface area contributed by atoms with Crippen LogP contribution in [0.2, 0.25) is 0 Å². The van der Waals surface area contributed by atoms with E-state index >= 15 is 0 Å². The Morgan fingerprint density at radius 1 is 0.412 bits per heavy atom. The van der Waals surface area contributed by atoms with E-state index in [1.807, 2.05) is 0 Å². The normalized spacial score (nSPS) is 9.35. The summed E-state index contributed by atoms with van der Waals surface area (Å²) in [6.07, 6.45) is 0. The molecular weight excluding hydrogens is 671 g/mol. The maximum absolute atomic E-state index is 12.3. The number of carboxylic acid groups (broad SMARTS) is 3. The van der Waals surface area contributed by atoms with Crippen LogP contribution in [0.15, 0.2) is 54.6 Å². The third-order valence-corrected chi connectivity index (χ3v) is 3.29. The number of hydrogen-bond donors (Lipinski definition) is 0. The Hall–Kier alpha value is -3.47. The fraction of sp³-hybridized carbons (Fsp3) is 0. The van der Waals surface area contributed by atoms with Crippen LogP contribution in [-0.4, -0.2) is 44.1 Å². The van der Waals surface area contributed by atoms with Gasteiger partial charge in [0.15, 0.2) is 0 Å². The first-order chi connectivity index (χ1) is 15.3. The molecule has 34 heavy (non-hydrogen) atoms. The van der Waals surface area contributed by atoms with Crippen LogP contribution in [0.5, 0.6) is 0 Å². The van der Waals surface area contributed by atoms with Crippen molar-refractivity contribution in [3.8, 4) is 0 Å². The van der Waals surface area contributed by atoms with Gasteiger partial charge in [-0.1, -0.05) is 0 Å². The number of carboxylic acids is 3. The van der Waals surface area contributed by atoms with Gasteiger partial charge in [-0.25, -0.2) is 26.3 Å². The van der Waals surface area contributed by atoms with Gasteiger partial charge in [0, 0.05) is 34.9 Å². The predicted molar refractivity (Wildman–Crippen MR) is 97.8 cm³/mol. The van der Waals surface area contributed by atoms with Gasteiger partial charge in [0.1, 0.15) is 34.9 Å². The third kappa shape index (κ3) is 10.9. The first-order valence-electron chi connectivity index (χ1n) is 8.30. The summed E-state index contributed by atoms with van der Waals surface area (Å²) in [6.45, 7) is 0. The standard InChI is InChI=1S/3C7H4F2O2.Bi/c3*8-5-1-4(7(10)11)2-6(9)3-5;/h3*1-3H,(H,10,11);/q;;;+3/p-3. The Bertz CT molecular complexity index is 981. The predicted octanol–water partition coefficient (Wildman–Crippen LogP) is 0.604. The van der Waals surface area contributed by atoms with Crippen molar-refractivity contribution in [3.63, 3.8) is 0 Å². The molecule has 0 bridgehead atoms. The second-order valence-corrected chi connectivity index (χ2v) is 5.84. The molecule has 0 unspecified atom stereocenters. The van der Waals surface area contributed by atoms with E-state index in [2.05, 4.69) is 0 Å². The second-order valence-electron chi connectivity index (χ2n) is 5.84. The van der Waals surface area contributed by atoms with Gasteiger partial charge in [0.25, 0.3) is 0 Å². The molecule has 0 saturated heterocycles. The van der Waals surface area contributed by atoms with E-state index in [0.717, 1.165) is 0 Å². The van der Waals surface area contributed by atoms with Crippen LogP contribution in [0.3, 0.4) is 0 Å².